The lowest BCUT2D eigenvalue weighted by Crippen LogP contribution is -2.26. The summed E-state index contributed by atoms with van der Waals surface area (Å²) in [5.74, 6) is 6.93. The van der Waals surface area contributed by atoms with Gasteiger partial charge >= 0.3 is 0 Å². The van der Waals surface area contributed by atoms with Gasteiger partial charge in [0, 0.05) is 22.8 Å². The highest BCUT2D eigenvalue weighted by Crippen LogP contribution is 2.17. The van der Waals surface area contributed by atoms with E-state index in [1.165, 1.54) is 9.75 Å². The van der Waals surface area contributed by atoms with Gasteiger partial charge in [0.1, 0.15) is 0 Å². The minimum atomic E-state index is 0.358. The normalized spacial score (nSPS) is 10.5. The molecule has 0 aliphatic heterocycles. The van der Waals surface area contributed by atoms with Crippen molar-refractivity contribution in [3.05, 3.63) is 21.9 Å². The molecule has 0 aliphatic rings. The van der Waals surface area contributed by atoms with Gasteiger partial charge in [0.05, 0.1) is 6.54 Å². The molecule has 0 radical (unpaired) electrons. The van der Waals surface area contributed by atoms with Crippen LogP contribution in [0.4, 0.5) is 17.8 Å². The standard InChI is InChI=1S/C13H21N7S/c1-4-20(5-2)13-17-11(16-12(18-13)19-14)15-8-10-7-6-9(3)21-10/h6-7H,4-5,8,14H2,1-3H3,(H2,15,16,17,18,19). The molecular weight excluding hydrogens is 286 g/mol. The molecule has 2 heterocycles. The quantitative estimate of drug-likeness (QED) is 0.532. The summed E-state index contributed by atoms with van der Waals surface area (Å²) >= 11 is 1.75. The molecule has 4 N–H and O–H groups in total. The second kappa shape index (κ2) is 7.19. The van der Waals surface area contributed by atoms with Crippen LogP contribution in [0.25, 0.3) is 0 Å². The number of rotatable bonds is 7. The first-order chi connectivity index (χ1) is 10.2. The Balaban J connectivity index is 2.16. The smallest absolute Gasteiger partial charge is 0.243 e. The minimum absolute atomic E-state index is 0.358. The molecule has 114 valence electrons. The first kappa shape index (κ1) is 15.5. The second-order valence-electron chi connectivity index (χ2n) is 4.47. The summed E-state index contributed by atoms with van der Waals surface area (Å²) < 4.78 is 0. The molecule has 0 aliphatic carbocycles. The van der Waals surface area contributed by atoms with Crippen LogP contribution in [-0.4, -0.2) is 28.0 Å². The van der Waals surface area contributed by atoms with E-state index in [9.17, 15) is 0 Å². The molecule has 2 rings (SSSR count). The predicted molar refractivity (Wildman–Crippen MR) is 87.6 cm³/mol. The second-order valence-corrected chi connectivity index (χ2v) is 5.84. The van der Waals surface area contributed by atoms with Gasteiger partial charge < -0.3 is 10.2 Å². The van der Waals surface area contributed by atoms with Gasteiger partial charge in [0.15, 0.2) is 0 Å². The van der Waals surface area contributed by atoms with Crippen molar-refractivity contribution in [1.82, 2.24) is 15.0 Å². The maximum absolute atomic E-state index is 5.43. The van der Waals surface area contributed by atoms with Crippen molar-refractivity contribution in [2.45, 2.75) is 27.3 Å². The Hall–Kier alpha value is -1.93. The van der Waals surface area contributed by atoms with Crippen molar-refractivity contribution >= 4 is 29.2 Å². The molecule has 0 amide bonds. The highest BCUT2D eigenvalue weighted by Gasteiger charge is 2.10. The molecule has 0 aromatic carbocycles. The molecule has 0 unspecified atom stereocenters. The number of nitrogen functional groups attached to an aromatic ring is 1. The van der Waals surface area contributed by atoms with Crippen LogP contribution in [0, 0.1) is 6.92 Å². The van der Waals surface area contributed by atoms with E-state index < -0.39 is 0 Å². The molecule has 0 saturated heterocycles. The molecule has 0 spiro atoms. The van der Waals surface area contributed by atoms with E-state index >= 15 is 0 Å². The fourth-order valence-electron chi connectivity index (χ4n) is 1.90. The molecule has 8 heteroatoms. The summed E-state index contributed by atoms with van der Waals surface area (Å²) in [5, 5.41) is 3.22. The van der Waals surface area contributed by atoms with Crippen LogP contribution in [0.2, 0.25) is 0 Å². The molecule has 7 nitrogen and oxygen atoms in total. The number of hydrogen-bond acceptors (Lipinski definition) is 8. The third-order valence-electron chi connectivity index (χ3n) is 3.02. The lowest BCUT2D eigenvalue weighted by molar-refractivity contribution is 0.812. The van der Waals surface area contributed by atoms with Crippen molar-refractivity contribution in [3.8, 4) is 0 Å². The maximum atomic E-state index is 5.43. The number of aromatic nitrogens is 3. The van der Waals surface area contributed by atoms with E-state index in [1.807, 2.05) is 4.90 Å². The van der Waals surface area contributed by atoms with E-state index in [0.717, 1.165) is 13.1 Å². The predicted octanol–water partition coefficient (Wildman–Crippen LogP) is 1.99. The summed E-state index contributed by atoms with van der Waals surface area (Å²) in [6.45, 7) is 8.55. The summed E-state index contributed by atoms with van der Waals surface area (Å²) in [7, 11) is 0. The zero-order valence-electron chi connectivity index (χ0n) is 12.6. The van der Waals surface area contributed by atoms with Gasteiger partial charge in [-0.25, -0.2) is 5.84 Å². The molecule has 2 aromatic rings. The van der Waals surface area contributed by atoms with Crippen LogP contribution in [0.15, 0.2) is 12.1 Å². The van der Waals surface area contributed by atoms with Crippen LogP contribution in [0.3, 0.4) is 0 Å². The van der Waals surface area contributed by atoms with E-state index in [4.69, 9.17) is 5.84 Å². The largest absolute Gasteiger partial charge is 0.349 e. The van der Waals surface area contributed by atoms with Crippen molar-refractivity contribution in [2.24, 2.45) is 5.84 Å². The highest BCUT2D eigenvalue weighted by molar-refractivity contribution is 7.11. The van der Waals surface area contributed by atoms with Gasteiger partial charge in [-0.3, -0.25) is 5.43 Å². The molecule has 0 bridgehead atoms. The SMILES string of the molecule is CCN(CC)c1nc(NN)nc(NCc2ccc(C)s2)n1. The van der Waals surface area contributed by atoms with E-state index in [2.05, 4.69) is 58.6 Å². The number of nitrogens with one attached hydrogen (secondary N) is 2. The van der Waals surface area contributed by atoms with Crippen molar-refractivity contribution in [2.75, 3.05) is 28.7 Å². The van der Waals surface area contributed by atoms with Crippen LogP contribution in [-0.2, 0) is 6.54 Å². The van der Waals surface area contributed by atoms with E-state index in [0.29, 0.717) is 24.4 Å². The molecular formula is C13H21N7S. The number of anilines is 3. The van der Waals surface area contributed by atoms with Gasteiger partial charge in [0.25, 0.3) is 0 Å². The molecule has 0 fully saturated rings. The summed E-state index contributed by atoms with van der Waals surface area (Å²) in [6, 6.07) is 4.20. The fourth-order valence-corrected chi connectivity index (χ4v) is 2.73. The van der Waals surface area contributed by atoms with Crippen LogP contribution in [0.1, 0.15) is 23.6 Å². The first-order valence-electron chi connectivity index (χ1n) is 6.93. The average Bonchev–Trinajstić information content (AvgIpc) is 2.92. The van der Waals surface area contributed by atoms with Crippen molar-refractivity contribution < 1.29 is 0 Å². The van der Waals surface area contributed by atoms with Gasteiger partial charge in [-0.05, 0) is 32.9 Å². The highest BCUT2D eigenvalue weighted by atomic mass is 32.1. The maximum Gasteiger partial charge on any atom is 0.243 e. The Bertz CT molecular complexity index is 580. The number of thiophene rings is 1. The number of nitrogens with zero attached hydrogens (tertiary/aromatic N) is 4. The summed E-state index contributed by atoms with van der Waals surface area (Å²) in [6.07, 6.45) is 0. The van der Waals surface area contributed by atoms with Crippen LogP contribution >= 0.6 is 11.3 Å². The molecule has 0 saturated carbocycles. The fraction of sp³-hybridized carbons (Fsp3) is 0.462. The van der Waals surface area contributed by atoms with Gasteiger partial charge in [0.2, 0.25) is 17.8 Å². The monoisotopic (exact) mass is 307 g/mol. The Kier molecular flexibility index (Phi) is 5.29. The minimum Gasteiger partial charge on any atom is -0.349 e. The first-order valence-corrected chi connectivity index (χ1v) is 7.74. The number of hydrazine groups is 1. The molecule has 21 heavy (non-hydrogen) atoms. The summed E-state index contributed by atoms with van der Waals surface area (Å²) in [5.41, 5.74) is 2.49. The third-order valence-corrected chi connectivity index (χ3v) is 4.02. The topological polar surface area (TPSA) is 92.0 Å². The molecule has 2 aromatic heterocycles. The van der Waals surface area contributed by atoms with Crippen molar-refractivity contribution in [3.63, 3.8) is 0 Å². The zero-order valence-corrected chi connectivity index (χ0v) is 13.4. The lowest BCUT2D eigenvalue weighted by Gasteiger charge is -2.19. The van der Waals surface area contributed by atoms with Gasteiger partial charge in [-0.1, -0.05) is 0 Å². The Morgan fingerprint density at radius 2 is 1.86 bits per heavy atom. The molecule has 0 atom stereocenters. The number of aryl methyl sites for hydroxylation is 1. The Morgan fingerprint density at radius 1 is 1.14 bits per heavy atom. The van der Waals surface area contributed by atoms with Crippen molar-refractivity contribution in [1.29, 1.82) is 0 Å². The van der Waals surface area contributed by atoms with Crippen LogP contribution < -0.4 is 21.5 Å². The number of nitrogens with two attached hydrogens (primary N) is 1. The summed E-state index contributed by atoms with van der Waals surface area (Å²) in [4.78, 5) is 17.5. The van der Waals surface area contributed by atoms with Gasteiger partial charge in [-0.15, -0.1) is 11.3 Å². The van der Waals surface area contributed by atoms with E-state index in [1.54, 1.807) is 11.3 Å². The third kappa shape index (κ3) is 4.02. The average molecular weight is 307 g/mol. The Morgan fingerprint density at radius 3 is 2.43 bits per heavy atom. The zero-order chi connectivity index (χ0) is 15.2. The van der Waals surface area contributed by atoms with E-state index in [-0.39, 0.29) is 0 Å². The van der Waals surface area contributed by atoms with Gasteiger partial charge in [-0.2, -0.15) is 15.0 Å². The van der Waals surface area contributed by atoms with Crippen LogP contribution in [0.5, 0.6) is 0 Å². The Labute approximate surface area is 128 Å². The lowest BCUT2D eigenvalue weighted by atomic mass is 10.4. The number of hydrogen-bond donors (Lipinski definition) is 3.